The summed E-state index contributed by atoms with van der Waals surface area (Å²) in [4.78, 5) is 34.1. The second-order valence-corrected chi connectivity index (χ2v) is 9.29. The smallest absolute Gasteiger partial charge is 0.264 e. The number of halogens is 2. The zero-order chi connectivity index (χ0) is 21.8. The first-order valence-electron chi connectivity index (χ1n) is 10.5. The molecular formula is C22H26ClFN4O2S. The molecule has 2 aliphatic heterocycles. The molecule has 0 saturated carbocycles. The van der Waals surface area contributed by atoms with Crippen molar-refractivity contribution in [3.8, 4) is 0 Å². The summed E-state index contributed by atoms with van der Waals surface area (Å²) in [5.41, 5.74) is 0.919. The molecule has 1 aromatic carbocycles. The highest BCUT2D eigenvalue weighted by Crippen LogP contribution is 2.20. The third-order valence-corrected chi connectivity index (χ3v) is 7.09. The van der Waals surface area contributed by atoms with Crippen molar-refractivity contribution >= 4 is 34.8 Å². The lowest BCUT2D eigenvalue weighted by molar-refractivity contribution is -0.134. The van der Waals surface area contributed by atoms with Crippen LogP contribution in [-0.2, 0) is 11.3 Å². The van der Waals surface area contributed by atoms with E-state index < -0.39 is 0 Å². The van der Waals surface area contributed by atoms with Gasteiger partial charge < -0.3 is 9.80 Å². The number of hydrogen-bond acceptors (Lipinski definition) is 5. The molecule has 2 saturated heterocycles. The molecule has 0 spiro atoms. The number of rotatable bonds is 5. The Morgan fingerprint density at radius 3 is 2.26 bits per heavy atom. The van der Waals surface area contributed by atoms with E-state index in [1.54, 1.807) is 6.07 Å². The molecule has 2 aliphatic rings. The average Bonchev–Trinajstić information content (AvgIpc) is 3.31. The fourth-order valence-corrected chi connectivity index (χ4v) is 4.92. The van der Waals surface area contributed by atoms with Crippen LogP contribution in [0.4, 0.5) is 4.39 Å². The first kappa shape index (κ1) is 22.2. The Morgan fingerprint density at radius 2 is 1.61 bits per heavy atom. The Morgan fingerprint density at radius 1 is 0.935 bits per heavy atom. The van der Waals surface area contributed by atoms with Crippen LogP contribution in [0.2, 0.25) is 5.02 Å². The zero-order valence-electron chi connectivity index (χ0n) is 17.3. The molecule has 2 fully saturated rings. The van der Waals surface area contributed by atoms with Crippen molar-refractivity contribution in [2.75, 3.05) is 58.9 Å². The molecule has 4 rings (SSSR count). The molecule has 9 heteroatoms. The lowest BCUT2D eigenvalue weighted by Crippen LogP contribution is -2.54. The predicted molar refractivity (Wildman–Crippen MR) is 120 cm³/mol. The van der Waals surface area contributed by atoms with Gasteiger partial charge in [0.1, 0.15) is 5.82 Å². The van der Waals surface area contributed by atoms with E-state index in [4.69, 9.17) is 11.6 Å². The minimum absolute atomic E-state index is 0.0551. The first-order valence-corrected chi connectivity index (χ1v) is 11.7. The van der Waals surface area contributed by atoms with Gasteiger partial charge in [-0.3, -0.25) is 19.4 Å². The van der Waals surface area contributed by atoms with Gasteiger partial charge in [0.05, 0.1) is 11.4 Å². The highest BCUT2D eigenvalue weighted by atomic mass is 35.5. The van der Waals surface area contributed by atoms with Crippen molar-refractivity contribution < 1.29 is 14.0 Å². The molecule has 0 radical (unpaired) electrons. The standard InChI is InChI=1S/C22H26ClFN4O2S/c23-19-14-18(24)4-3-17(19)15-25-5-7-26(8-6-25)16-21(29)27-9-11-28(12-10-27)22(30)20-2-1-13-31-20/h1-4,13-14H,5-12,15-16H2. The van der Waals surface area contributed by atoms with Gasteiger partial charge >= 0.3 is 0 Å². The maximum atomic E-state index is 13.2. The molecule has 0 atom stereocenters. The van der Waals surface area contributed by atoms with Crippen molar-refractivity contribution in [1.82, 2.24) is 19.6 Å². The van der Waals surface area contributed by atoms with Crippen molar-refractivity contribution in [3.05, 3.63) is 57.0 Å². The molecule has 31 heavy (non-hydrogen) atoms. The van der Waals surface area contributed by atoms with Gasteiger partial charge in [-0.1, -0.05) is 23.7 Å². The molecule has 0 bridgehead atoms. The van der Waals surface area contributed by atoms with Crippen LogP contribution in [0.15, 0.2) is 35.7 Å². The van der Waals surface area contributed by atoms with Crippen LogP contribution >= 0.6 is 22.9 Å². The van der Waals surface area contributed by atoms with Crippen LogP contribution in [0, 0.1) is 5.82 Å². The fourth-order valence-electron chi connectivity index (χ4n) is 4.00. The van der Waals surface area contributed by atoms with Crippen LogP contribution in [-0.4, -0.2) is 90.3 Å². The van der Waals surface area contributed by atoms with Crippen LogP contribution in [0.5, 0.6) is 0 Å². The topological polar surface area (TPSA) is 47.1 Å². The van der Waals surface area contributed by atoms with Gasteiger partial charge in [-0.15, -0.1) is 11.3 Å². The number of thiophene rings is 1. The number of piperazine rings is 2. The van der Waals surface area contributed by atoms with Gasteiger partial charge in [0.25, 0.3) is 5.91 Å². The maximum Gasteiger partial charge on any atom is 0.264 e. The zero-order valence-corrected chi connectivity index (χ0v) is 18.9. The molecule has 3 heterocycles. The summed E-state index contributed by atoms with van der Waals surface area (Å²) in [6.45, 7) is 6.70. The minimum Gasteiger partial charge on any atom is -0.338 e. The predicted octanol–water partition coefficient (Wildman–Crippen LogP) is 2.64. The number of nitrogens with zero attached hydrogens (tertiary/aromatic N) is 4. The Bertz CT molecular complexity index is 910. The van der Waals surface area contributed by atoms with Crippen molar-refractivity contribution in [2.45, 2.75) is 6.54 Å². The van der Waals surface area contributed by atoms with Crippen LogP contribution in [0.1, 0.15) is 15.2 Å². The second kappa shape index (κ2) is 10.1. The van der Waals surface area contributed by atoms with Gasteiger partial charge in [0.2, 0.25) is 5.91 Å². The molecule has 1 aromatic heterocycles. The van der Waals surface area contributed by atoms with E-state index in [2.05, 4.69) is 9.80 Å². The van der Waals surface area contributed by atoms with E-state index in [1.807, 2.05) is 27.3 Å². The van der Waals surface area contributed by atoms with E-state index >= 15 is 0 Å². The van der Waals surface area contributed by atoms with Gasteiger partial charge in [0, 0.05) is 63.9 Å². The highest BCUT2D eigenvalue weighted by molar-refractivity contribution is 7.12. The summed E-state index contributed by atoms with van der Waals surface area (Å²) >= 11 is 7.59. The second-order valence-electron chi connectivity index (χ2n) is 7.94. The van der Waals surface area contributed by atoms with Gasteiger partial charge in [0.15, 0.2) is 0 Å². The first-order chi connectivity index (χ1) is 15.0. The van der Waals surface area contributed by atoms with Gasteiger partial charge in [-0.25, -0.2) is 4.39 Å². The molecule has 166 valence electrons. The molecule has 0 unspecified atom stereocenters. The summed E-state index contributed by atoms with van der Waals surface area (Å²) in [7, 11) is 0. The van der Waals surface area contributed by atoms with E-state index in [9.17, 15) is 14.0 Å². The largest absolute Gasteiger partial charge is 0.338 e. The van der Waals surface area contributed by atoms with Crippen molar-refractivity contribution in [1.29, 1.82) is 0 Å². The fraction of sp³-hybridized carbons (Fsp3) is 0.455. The summed E-state index contributed by atoms with van der Waals surface area (Å²) in [6, 6.07) is 8.24. The monoisotopic (exact) mass is 464 g/mol. The molecule has 2 amide bonds. The number of carbonyl (C=O) groups is 2. The summed E-state index contributed by atoms with van der Waals surface area (Å²) in [5.74, 6) is -0.147. The molecule has 0 N–H and O–H groups in total. The SMILES string of the molecule is O=C(CN1CCN(Cc2ccc(F)cc2Cl)CC1)N1CCN(C(=O)c2cccs2)CC1. The minimum atomic E-state index is -0.325. The summed E-state index contributed by atoms with van der Waals surface area (Å²) < 4.78 is 13.2. The maximum absolute atomic E-state index is 13.2. The molecule has 6 nitrogen and oxygen atoms in total. The third kappa shape index (κ3) is 5.63. The quantitative estimate of drug-likeness (QED) is 0.682. The van der Waals surface area contributed by atoms with Crippen LogP contribution < -0.4 is 0 Å². The van der Waals surface area contributed by atoms with E-state index in [-0.39, 0.29) is 17.6 Å². The Balaban J connectivity index is 1.19. The Labute approximate surface area is 190 Å². The van der Waals surface area contributed by atoms with Crippen molar-refractivity contribution in [3.63, 3.8) is 0 Å². The number of benzene rings is 1. The number of hydrogen-bond donors (Lipinski definition) is 0. The van der Waals surface area contributed by atoms with E-state index in [0.29, 0.717) is 44.3 Å². The van der Waals surface area contributed by atoms with E-state index in [0.717, 1.165) is 36.6 Å². The van der Waals surface area contributed by atoms with Crippen LogP contribution in [0.25, 0.3) is 0 Å². The number of carbonyl (C=O) groups excluding carboxylic acids is 2. The normalized spacial score (nSPS) is 18.4. The molecule has 2 aromatic rings. The molecular weight excluding hydrogens is 439 g/mol. The van der Waals surface area contributed by atoms with E-state index in [1.165, 1.54) is 23.5 Å². The third-order valence-electron chi connectivity index (χ3n) is 5.88. The Hall–Kier alpha value is -2.00. The lowest BCUT2D eigenvalue weighted by Gasteiger charge is -2.38. The average molecular weight is 465 g/mol. The molecule has 0 aliphatic carbocycles. The Kier molecular flexibility index (Phi) is 7.22. The highest BCUT2D eigenvalue weighted by Gasteiger charge is 2.27. The summed E-state index contributed by atoms with van der Waals surface area (Å²) in [6.07, 6.45) is 0. The van der Waals surface area contributed by atoms with Crippen molar-refractivity contribution in [2.24, 2.45) is 0 Å². The number of amides is 2. The van der Waals surface area contributed by atoms with Crippen LogP contribution in [0.3, 0.4) is 0 Å². The van der Waals surface area contributed by atoms with Gasteiger partial charge in [-0.05, 0) is 29.1 Å². The summed E-state index contributed by atoms with van der Waals surface area (Å²) in [5, 5.41) is 2.36. The van der Waals surface area contributed by atoms with Gasteiger partial charge in [-0.2, -0.15) is 0 Å². The lowest BCUT2D eigenvalue weighted by atomic mass is 10.2.